The molecular formula is C13H12Br2N4O3. The number of hydrazone groups is 1. The number of nitrogens with zero attached hydrogens (tertiary/aromatic N) is 2. The minimum atomic E-state index is -0.460. The van der Waals surface area contributed by atoms with Gasteiger partial charge < -0.3 is 9.84 Å². The molecule has 0 saturated heterocycles. The van der Waals surface area contributed by atoms with E-state index in [0.717, 1.165) is 5.69 Å². The molecule has 2 aromatic rings. The van der Waals surface area contributed by atoms with Crippen molar-refractivity contribution in [2.75, 3.05) is 7.11 Å². The Morgan fingerprint density at radius 2 is 2.23 bits per heavy atom. The summed E-state index contributed by atoms with van der Waals surface area (Å²) in [4.78, 5) is 11.8. The highest BCUT2D eigenvalue weighted by molar-refractivity contribution is 9.13. The van der Waals surface area contributed by atoms with Gasteiger partial charge in [-0.1, -0.05) is 0 Å². The fraction of sp³-hybridized carbons (Fsp3) is 0.154. The summed E-state index contributed by atoms with van der Waals surface area (Å²) in [6.07, 6.45) is 1.31. The van der Waals surface area contributed by atoms with Gasteiger partial charge in [-0.05, 0) is 50.9 Å². The summed E-state index contributed by atoms with van der Waals surface area (Å²) in [5.41, 5.74) is 3.69. The van der Waals surface area contributed by atoms with Crippen LogP contribution in [0.2, 0.25) is 0 Å². The summed E-state index contributed by atoms with van der Waals surface area (Å²) in [6.45, 7) is 1.79. The summed E-state index contributed by atoms with van der Waals surface area (Å²) in [7, 11) is 1.44. The lowest BCUT2D eigenvalue weighted by molar-refractivity contribution is 0.0950. The molecule has 7 nitrogen and oxygen atoms in total. The van der Waals surface area contributed by atoms with Gasteiger partial charge in [0.05, 0.1) is 18.9 Å². The van der Waals surface area contributed by atoms with E-state index in [0.29, 0.717) is 14.5 Å². The van der Waals surface area contributed by atoms with E-state index in [2.05, 4.69) is 52.6 Å². The van der Waals surface area contributed by atoms with Crippen molar-refractivity contribution < 1.29 is 14.6 Å². The molecule has 22 heavy (non-hydrogen) atoms. The van der Waals surface area contributed by atoms with Gasteiger partial charge in [0.2, 0.25) is 0 Å². The minimum Gasteiger partial charge on any atom is -0.504 e. The fourth-order valence-electron chi connectivity index (χ4n) is 1.63. The molecule has 0 spiro atoms. The molecule has 1 aromatic heterocycles. The third-order valence-electron chi connectivity index (χ3n) is 2.71. The highest BCUT2D eigenvalue weighted by Gasteiger charge is 2.14. The van der Waals surface area contributed by atoms with E-state index < -0.39 is 5.91 Å². The van der Waals surface area contributed by atoms with Crippen LogP contribution in [0.5, 0.6) is 11.5 Å². The maximum Gasteiger partial charge on any atom is 0.291 e. The molecule has 1 heterocycles. The summed E-state index contributed by atoms with van der Waals surface area (Å²) < 4.78 is 6.32. The maximum atomic E-state index is 11.8. The van der Waals surface area contributed by atoms with Crippen LogP contribution >= 0.6 is 31.9 Å². The first-order valence-corrected chi connectivity index (χ1v) is 7.63. The maximum absolute atomic E-state index is 11.8. The zero-order chi connectivity index (χ0) is 16.3. The number of hydrogen-bond donors (Lipinski definition) is 3. The van der Waals surface area contributed by atoms with Gasteiger partial charge in [0.25, 0.3) is 5.91 Å². The molecule has 9 heteroatoms. The van der Waals surface area contributed by atoms with Crippen molar-refractivity contribution in [2.24, 2.45) is 5.10 Å². The van der Waals surface area contributed by atoms with E-state index in [9.17, 15) is 9.90 Å². The minimum absolute atomic E-state index is 0.0915. The standard InChI is InChI=1S/C13H12Br2N4O3/c1-6-3-9(18-17-6)13(21)19-16-5-7-11(15)8(14)4-10(22-2)12(7)20/h3-5,20H,1-2H3,(H,17,18)(H,19,21)/b16-5-. The van der Waals surface area contributed by atoms with Crippen LogP contribution in [-0.4, -0.2) is 34.5 Å². The molecule has 116 valence electrons. The zero-order valence-corrected chi connectivity index (χ0v) is 14.8. The summed E-state index contributed by atoms with van der Waals surface area (Å²) in [5.74, 6) is -0.268. The summed E-state index contributed by atoms with van der Waals surface area (Å²) in [5, 5.41) is 20.4. The number of benzene rings is 1. The Balaban J connectivity index is 2.20. The SMILES string of the molecule is COc1cc(Br)c(Br)c(/C=N\NC(=O)c2cc(C)[nH]n2)c1O. The number of carbonyl (C=O) groups is 1. The molecule has 0 fully saturated rings. The number of nitrogens with one attached hydrogen (secondary N) is 2. The van der Waals surface area contributed by atoms with Crippen LogP contribution in [-0.2, 0) is 0 Å². The number of carbonyl (C=O) groups excluding carboxylic acids is 1. The van der Waals surface area contributed by atoms with Gasteiger partial charge in [-0.25, -0.2) is 5.43 Å². The van der Waals surface area contributed by atoms with Crippen LogP contribution < -0.4 is 10.2 Å². The quantitative estimate of drug-likeness (QED) is 0.511. The Morgan fingerprint density at radius 3 is 2.82 bits per heavy atom. The second kappa shape index (κ2) is 6.93. The first kappa shape index (κ1) is 16.5. The lowest BCUT2D eigenvalue weighted by Gasteiger charge is -2.09. The Morgan fingerprint density at radius 1 is 1.50 bits per heavy atom. The van der Waals surface area contributed by atoms with Crippen molar-refractivity contribution in [3.05, 3.63) is 38.0 Å². The lowest BCUT2D eigenvalue weighted by atomic mass is 10.2. The van der Waals surface area contributed by atoms with Gasteiger partial charge in [-0.3, -0.25) is 9.89 Å². The Hall–Kier alpha value is -1.87. The van der Waals surface area contributed by atoms with Crippen molar-refractivity contribution in [1.82, 2.24) is 15.6 Å². The van der Waals surface area contributed by atoms with Crippen molar-refractivity contribution in [3.8, 4) is 11.5 Å². The van der Waals surface area contributed by atoms with Gasteiger partial charge in [0.15, 0.2) is 17.2 Å². The predicted octanol–water partition coefficient (Wildman–Crippen LogP) is 2.72. The first-order chi connectivity index (χ1) is 10.4. The Bertz CT molecular complexity index is 743. The topological polar surface area (TPSA) is 99.6 Å². The molecule has 3 N–H and O–H groups in total. The second-order valence-electron chi connectivity index (χ2n) is 4.27. The molecule has 0 aliphatic rings. The number of H-pyrrole nitrogens is 1. The molecule has 0 atom stereocenters. The summed E-state index contributed by atoms with van der Waals surface area (Å²) >= 11 is 6.66. The molecule has 0 radical (unpaired) electrons. The van der Waals surface area contributed by atoms with Gasteiger partial charge in [-0.15, -0.1) is 0 Å². The number of aryl methyl sites for hydroxylation is 1. The highest BCUT2D eigenvalue weighted by atomic mass is 79.9. The number of halogens is 2. The number of phenols is 1. The van der Waals surface area contributed by atoms with Crippen LogP contribution in [0, 0.1) is 6.92 Å². The fourth-order valence-corrected chi connectivity index (χ4v) is 2.46. The molecule has 1 aromatic carbocycles. The van der Waals surface area contributed by atoms with Gasteiger partial charge in [0, 0.05) is 14.6 Å². The number of aromatic hydroxyl groups is 1. The van der Waals surface area contributed by atoms with E-state index >= 15 is 0 Å². The molecule has 2 rings (SSSR count). The number of methoxy groups -OCH3 is 1. The number of amides is 1. The first-order valence-electron chi connectivity index (χ1n) is 6.04. The van der Waals surface area contributed by atoms with Crippen LogP contribution in [0.1, 0.15) is 21.7 Å². The van der Waals surface area contributed by atoms with Gasteiger partial charge in [0.1, 0.15) is 0 Å². The largest absolute Gasteiger partial charge is 0.504 e. The van der Waals surface area contributed by atoms with Crippen molar-refractivity contribution in [2.45, 2.75) is 6.92 Å². The molecule has 1 amide bonds. The Kier molecular flexibility index (Phi) is 5.19. The average Bonchev–Trinajstić information content (AvgIpc) is 2.93. The van der Waals surface area contributed by atoms with Crippen LogP contribution in [0.25, 0.3) is 0 Å². The number of hydrogen-bond acceptors (Lipinski definition) is 5. The second-order valence-corrected chi connectivity index (χ2v) is 5.92. The molecule has 0 unspecified atom stereocenters. The summed E-state index contributed by atoms with van der Waals surface area (Å²) in [6, 6.07) is 3.21. The van der Waals surface area contributed by atoms with Crippen molar-refractivity contribution in [3.63, 3.8) is 0 Å². The third-order valence-corrected chi connectivity index (χ3v) is 4.72. The van der Waals surface area contributed by atoms with Crippen molar-refractivity contribution >= 4 is 44.0 Å². The lowest BCUT2D eigenvalue weighted by Crippen LogP contribution is -2.18. The highest BCUT2D eigenvalue weighted by Crippen LogP contribution is 2.39. The van der Waals surface area contributed by atoms with E-state index in [1.54, 1.807) is 19.1 Å². The van der Waals surface area contributed by atoms with Gasteiger partial charge >= 0.3 is 0 Å². The van der Waals surface area contributed by atoms with E-state index in [1.165, 1.54) is 13.3 Å². The van der Waals surface area contributed by atoms with E-state index in [1.807, 2.05) is 0 Å². The Labute approximate surface area is 143 Å². The van der Waals surface area contributed by atoms with Crippen LogP contribution in [0.15, 0.2) is 26.2 Å². The predicted molar refractivity (Wildman–Crippen MR) is 88.4 cm³/mol. The third kappa shape index (κ3) is 3.47. The normalized spacial score (nSPS) is 10.9. The molecule has 0 aliphatic heterocycles. The van der Waals surface area contributed by atoms with E-state index in [4.69, 9.17) is 4.74 Å². The number of aromatic nitrogens is 2. The number of phenolic OH excluding ortho intramolecular Hbond substituents is 1. The van der Waals surface area contributed by atoms with Crippen molar-refractivity contribution in [1.29, 1.82) is 0 Å². The number of ether oxygens (including phenoxy) is 1. The monoisotopic (exact) mass is 430 g/mol. The zero-order valence-electron chi connectivity index (χ0n) is 11.6. The molecule has 0 saturated carbocycles. The molecule has 0 aliphatic carbocycles. The van der Waals surface area contributed by atoms with Gasteiger partial charge in [-0.2, -0.15) is 10.2 Å². The average molecular weight is 432 g/mol. The van der Waals surface area contributed by atoms with Crippen LogP contribution in [0.4, 0.5) is 0 Å². The number of rotatable bonds is 4. The molecular weight excluding hydrogens is 420 g/mol. The van der Waals surface area contributed by atoms with E-state index in [-0.39, 0.29) is 17.2 Å². The molecule has 0 bridgehead atoms. The van der Waals surface area contributed by atoms with Crippen LogP contribution in [0.3, 0.4) is 0 Å². The number of aromatic amines is 1. The smallest absolute Gasteiger partial charge is 0.291 e.